The van der Waals surface area contributed by atoms with E-state index in [4.69, 9.17) is 19.4 Å². The molecule has 6 atom stereocenters. The van der Waals surface area contributed by atoms with Crippen molar-refractivity contribution in [1.29, 1.82) is 0 Å². The van der Waals surface area contributed by atoms with Crippen molar-refractivity contribution < 1.29 is 37.4 Å². The van der Waals surface area contributed by atoms with Gasteiger partial charge in [-0.05, 0) is 84.0 Å². The number of aromatic amines is 2. The van der Waals surface area contributed by atoms with Crippen LogP contribution in [0.25, 0.3) is 44.3 Å². The summed E-state index contributed by atoms with van der Waals surface area (Å²) in [5, 5.41) is 0. The minimum Gasteiger partial charge on any atom is -0.453 e. The number of fused-ring (bicyclic) bond motifs is 2. The predicted molar refractivity (Wildman–Crippen MR) is 231 cm³/mol. The number of carbonyl (C=O) groups excluding carboxylic acids is 4. The maximum Gasteiger partial charge on any atom is 0.409 e. The van der Waals surface area contributed by atoms with Gasteiger partial charge in [0.15, 0.2) is 0 Å². The van der Waals surface area contributed by atoms with Crippen LogP contribution in [0.2, 0.25) is 0 Å². The minimum atomic E-state index is -0.735. The Hall–Kier alpha value is -6.06. The van der Waals surface area contributed by atoms with Crippen LogP contribution in [0.4, 0.5) is 18.4 Å². The van der Waals surface area contributed by atoms with E-state index in [0.29, 0.717) is 70.8 Å². The molecule has 0 radical (unpaired) electrons. The van der Waals surface area contributed by atoms with Gasteiger partial charge in [-0.3, -0.25) is 19.4 Å². The van der Waals surface area contributed by atoms with Crippen LogP contribution < -0.4 is 0 Å². The third kappa shape index (κ3) is 8.18. The number of aromatic nitrogens is 4. The molecule has 2 fully saturated rings. The van der Waals surface area contributed by atoms with Crippen LogP contribution >= 0.6 is 0 Å². The summed E-state index contributed by atoms with van der Waals surface area (Å²) in [5.41, 5.74) is 3.47. The number of benzene rings is 3. The Labute approximate surface area is 359 Å². The van der Waals surface area contributed by atoms with Gasteiger partial charge in [-0.15, -0.1) is 0 Å². The van der Waals surface area contributed by atoms with E-state index in [0.717, 1.165) is 0 Å². The highest BCUT2D eigenvalue weighted by Crippen LogP contribution is 2.40. The van der Waals surface area contributed by atoms with Gasteiger partial charge in [-0.25, -0.2) is 28.3 Å². The zero-order chi connectivity index (χ0) is 44.9. The van der Waals surface area contributed by atoms with Gasteiger partial charge in [-0.1, -0.05) is 53.7 Å². The molecule has 14 nitrogen and oxygen atoms in total. The van der Waals surface area contributed by atoms with Crippen molar-refractivity contribution in [2.24, 2.45) is 23.7 Å². The molecule has 4 heterocycles. The Kier molecular flexibility index (Phi) is 12.3. The topological polar surface area (TPSA) is 157 Å². The Morgan fingerprint density at radius 1 is 0.661 bits per heavy atom. The SMILES string of the molecule is COC(=O)N(C)[C@H](C(=O)N1C[C@@H](C)C[C@H]1c1nc2ccc(-c3cc(F)c(-c4ccc5nc([C@@H]6C[C@H](C)CN6C(=O)[C@H](C(C)C)N(C)C(=O)OC)[nH]c5c4)cc3F)cc2[nH]1)C(C)C. The van der Waals surface area contributed by atoms with E-state index in [-0.39, 0.29) is 58.7 Å². The van der Waals surface area contributed by atoms with Crippen LogP contribution in [-0.4, -0.2) is 117 Å². The number of nitrogens with one attached hydrogen (secondary N) is 2. The number of hydrogen-bond acceptors (Lipinski definition) is 8. The number of rotatable bonds is 10. The highest BCUT2D eigenvalue weighted by atomic mass is 19.1. The van der Waals surface area contributed by atoms with E-state index in [1.165, 1.54) is 36.2 Å². The number of ether oxygens (including phenoxy) is 2. The van der Waals surface area contributed by atoms with Crippen molar-refractivity contribution in [1.82, 2.24) is 39.5 Å². The first-order chi connectivity index (χ1) is 29.4. The molecule has 0 aliphatic carbocycles. The predicted octanol–water partition coefficient (Wildman–Crippen LogP) is 8.32. The quantitative estimate of drug-likeness (QED) is 0.142. The van der Waals surface area contributed by atoms with Gasteiger partial charge in [0.25, 0.3) is 0 Å². The second-order valence-electron chi connectivity index (χ2n) is 17.8. The Morgan fingerprint density at radius 3 is 1.37 bits per heavy atom. The van der Waals surface area contributed by atoms with Crippen LogP contribution in [0.15, 0.2) is 48.5 Å². The summed E-state index contributed by atoms with van der Waals surface area (Å²) in [7, 11) is 5.69. The number of hydrogen-bond donors (Lipinski definition) is 2. The van der Waals surface area contributed by atoms with Crippen LogP contribution in [0.5, 0.6) is 0 Å². The fraction of sp³-hybridized carbons (Fsp3) is 0.478. The van der Waals surface area contributed by atoms with Crippen molar-refractivity contribution in [2.45, 2.75) is 78.6 Å². The van der Waals surface area contributed by atoms with Gasteiger partial charge < -0.3 is 29.2 Å². The Morgan fingerprint density at radius 2 is 1.03 bits per heavy atom. The van der Waals surface area contributed by atoms with Gasteiger partial charge in [0.1, 0.15) is 35.4 Å². The van der Waals surface area contributed by atoms with E-state index in [1.807, 2.05) is 27.7 Å². The second-order valence-corrected chi connectivity index (χ2v) is 17.8. The molecule has 0 bridgehead atoms. The molecular formula is C46H56F2N8O6. The number of amides is 4. The van der Waals surface area contributed by atoms with Crippen molar-refractivity contribution in [3.8, 4) is 22.3 Å². The summed E-state index contributed by atoms with van der Waals surface area (Å²) in [6.07, 6.45) is 0.126. The normalized spacial score (nSPS) is 20.0. The van der Waals surface area contributed by atoms with Crippen LogP contribution in [0, 0.1) is 35.3 Å². The van der Waals surface area contributed by atoms with Crippen LogP contribution in [0.1, 0.15) is 78.1 Å². The maximum atomic E-state index is 16.1. The summed E-state index contributed by atoms with van der Waals surface area (Å²) >= 11 is 0. The molecule has 2 aliphatic rings. The number of halogens is 2. The molecule has 16 heteroatoms. The number of likely N-dealkylation sites (N-methyl/N-ethyl adjacent to an activating group) is 2. The molecule has 2 aliphatic heterocycles. The molecule has 7 rings (SSSR count). The fourth-order valence-corrected chi connectivity index (χ4v) is 9.45. The maximum absolute atomic E-state index is 16.1. The molecule has 330 valence electrons. The highest BCUT2D eigenvalue weighted by Gasteiger charge is 2.43. The summed E-state index contributed by atoms with van der Waals surface area (Å²) in [4.78, 5) is 75.4. The Bertz CT molecular complexity index is 2350. The van der Waals surface area contributed by atoms with E-state index in [9.17, 15) is 19.2 Å². The molecule has 2 aromatic heterocycles. The van der Waals surface area contributed by atoms with Crippen LogP contribution in [0.3, 0.4) is 0 Å². The molecule has 4 amide bonds. The number of nitrogens with zero attached hydrogens (tertiary/aromatic N) is 6. The zero-order valence-corrected chi connectivity index (χ0v) is 37.0. The largest absolute Gasteiger partial charge is 0.453 e. The lowest BCUT2D eigenvalue weighted by molar-refractivity contribution is -0.139. The smallest absolute Gasteiger partial charge is 0.409 e. The van der Waals surface area contributed by atoms with Crippen molar-refractivity contribution in [2.75, 3.05) is 41.4 Å². The average molecular weight is 855 g/mol. The van der Waals surface area contributed by atoms with Gasteiger partial charge >= 0.3 is 12.2 Å². The number of imidazole rings is 2. The third-order valence-corrected chi connectivity index (χ3v) is 12.4. The summed E-state index contributed by atoms with van der Waals surface area (Å²) in [6, 6.07) is 10.5. The van der Waals surface area contributed by atoms with Gasteiger partial charge in [0, 0.05) is 38.3 Å². The molecular weight excluding hydrogens is 799 g/mol. The first-order valence-electron chi connectivity index (χ1n) is 21.1. The molecule has 5 aromatic rings. The molecule has 2 saturated heterocycles. The van der Waals surface area contributed by atoms with E-state index in [1.54, 1.807) is 60.3 Å². The van der Waals surface area contributed by atoms with Gasteiger partial charge in [0.2, 0.25) is 11.8 Å². The molecule has 3 aromatic carbocycles. The van der Waals surface area contributed by atoms with E-state index < -0.39 is 35.9 Å². The molecule has 62 heavy (non-hydrogen) atoms. The summed E-state index contributed by atoms with van der Waals surface area (Å²) in [5.74, 6) is -0.472. The molecule has 0 spiro atoms. The Balaban J connectivity index is 1.13. The van der Waals surface area contributed by atoms with Gasteiger partial charge in [0.05, 0.1) is 48.4 Å². The highest BCUT2D eigenvalue weighted by molar-refractivity contribution is 5.89. The fourth-order valence-electron chi connectivity index (χ4n) is 9.45. The monoisotopic (exact) mass is 854 g/mol. The average Bonchev–Trinajstić information content (AvgIpc) is 4.04. The van der Waals surface area contributed by atoms with Gasteiger partial charge in [-0.2, -0.15) is 0 Å². The number of H-pyrrole nitrogens is 2. The summed E-state index contributed by atoms with van der Waals surface area (Å²) < 4.78 is 42.0. The van der Waals surface area contributed by atoms with Crippen molar-refractivity contribution in [3.05, 3.63) is 71.8 Å². The molecule has 0 saturated carbocycles. The van der Waals surface area contributed by atoms with Crippen LogP contribution in [-0.2, 0) is 19.1 Å². The number of carbonyl (C=O) groups is 4. The third-order valence-electron chi connectivity index (χ3n) is 12.4. The lowest BCUT2D eigenvalue weighted by Gasteiger charge is -2.34. The molecule has 0 unspecified atom stereocenters. The lowest BCUT2D eigenvalue weighted by atomic mass is 9.98. The van der Waals surface area contributed by atoms with E-state index in [2.05, 4.69) is 23.8 Å². The number of likely N-dealkylation sites (tertiary alicyclic amines) is 2. The lowest BCUT2D eigenvalue weighted by Crippen LogP contribution is -2.52. The van der Waals surface area contributed by atoms with Crippen molar-refractivity contribution >= 4 is 46.1 Å². The second kappa shape index (κ2) is 17.4. The first kappa shape index (κ1) is 44.0. The minimum absolute atomic E-state index is 0.0729. The number of methoxy groups -OCH3 is 2. The standard InChI is InChI=1S/C46H56F2N8O6/c1-23(2)39(53(7)45(59)61-9)43(57)55-21-25(5)15-37(55)41-49-33-13-11-27(17-35(33)51-41)29-19-32(48)30(20-31(29)47)28-12-14-34-36(18-28)52-42(50-34)38-16-26(6)22-56(38)44(58)40(24(3)4)54(8)46(60)62-10/h11-14,17-20,23-26,37-40H,15-16,21-22H2,1-10H3,(H,49,51)(H,50,52)/t25-,26-,37-,38-,39-,40-/m0/s1. The zero-order valence-electron chi connectivity index (χ0n) is 37.0. The van der Waals surface area contributed by atoms with E-state index >= 15 is 8.78 Å². The van der Waals surface area contributed by atoms with Crippen molar-refractivity contribution in [3.63, 3.8) is 0 Å². The summed E-state index contributed by atoms with van der Waals surface area (Å²) in [6.45, 7) is 12.7. The molecule has 2 N–H and O–H groups in total. The first-order valence-corrected chi connectivity index (χ1v) is 21.1.